The predicted molar refractivity (Wildman–Crippen MR) is 51.8 cm³/mol. The number of nitrogens with zero attached hydrogens (tertiary/aromatic N) is 1. The van der Waals surface area contributed by atoms with Crippen LogP contribution in [0.4, 0.5) is 4.39 Å². The summed E-state index contributed by atoms with van der Waals surface area (Å²) in [5, 5.41) is 0.676. The van der Waals surface area contributed by atoms with Crippen molar-refractivity contribution in [3.8, 4) is 0 Å². The standard InChI is InChI=1S/C8H9ClFNOS/c1-12-2-3-13-8-7(10)4-6(9)5-11-8/h4-5H,2-3H2,1H3. The first-order chi connectivity index (χ1) is 6.24. The van der Waals surface area contributed by atoms with E-state index < -0.39 is 0 Å². The third-order valence-corrected chi connectivity index (χ3v) is 2.45. The molecule has 0 aromatic carbocycles. The van der Waals surface area contributed by atoms with Crippen LogP contribution in [0.25, 0.3) is 0 Å². The fourth-order valence-corrected chi connectivity index (χ4v) is 1.64. The average molecular weight is 222 g/mol. The first kappa shape index (κ1) is 10.8. The SMILES string of the molecule is COCCSc1ncc(Cl)cc1F. The Morgan fingerprint density at radius 1 is 1.69 bits per heavy atom. The van der Waals surface area contributed by atoms with Gasteiger partial charge in [0.05, 0.1) is 11.6 Å². The summed E-state index contributed by atoms with van der Waals surface area (Å²) in [6, 6.07) is 1.25. The van der Waals surface area contributed by atoms with Gasteiger partial charge in [-0.3, -0.25) is 0 Å². The Morgan fingerprint density at radius 2 is 2.46 bits per heavy atom. The molecule has 13 heavy (non-hydrogen) atoms. The highest BCUT2D eigenvalue weighted by Gasteiger charge is 2.04. The highest BCUT2D eigenvalue weighted by molar-refractivity contribution is 7.99. The van der Waals surface area contributed by atoms with Crippen molar-refractivity contribution in [1.82, 2.24) is 4.98 Å². The van der Waals surface area contributed by atoms with Gasteiger partial charge in [0, 0.05) is 19.1 Å². The molecule has 1 aromatic rings. The van der Waals surface area contributed by atoms with Crippen LogP contribution in [0.5, 0.6) is 0 Å². The Morgan fingerprint density at radius 3 is 3.08 bits per heavy atom. The lowest BCUT2D eigenvalue weighted by molar-refractivity contribution is 0.218. The molecule has 0 aliphatic carbocycles. The van der Waals surface area contributed by atoms with Crippen molar-refractivity contribution in [2.45, 2.75) is 5.03 Å². The lowest BCUT2D eigenvalue weighted by Crippen LogP contribution is -1.94. The van der Waals surface area contributed by atoms with E-state index in [2.05, 4.69) is 4.98 Å². The van der Waals surface area contributed by atoms with Gasteiger partial charge in [-0.15, -0.1) is 11.8 Å². The Hall–Kier alpha value is -0.320. The Balaban J connectivity index is 2.56. The third-order valence-electron chi connectivity index (χ3n) is 1.30. The number of halogens is 2. The summed E-state index contributed by atoms with van der Waals surface area (Å²) in [4.78, 5) is 3.85. The van der Waals surface area contributed by atoms with Gasteiger partial charge in [-0.1, -0.05) is 11.6 Å². The average Bonchev–Trinajstić information content (AvgIpc) is 2.09. The van der Waals surface area contributed by atoms with E-state index in [1.807, 2.05) is 0 Å². The lowest BCUT2D eigenvalue weighted by Gasteiger charge is -2.01. The van der Waals surface area contributed by atoms with Gasteiger partial charge in [0.15, 0.2) is 5.82 Å². The third kappa shape index (κ3) is 3.50. The van der Waals surface area contributed by atoms with E-state index in [9.17, 15) is 4.39 Å². The summed E-state index contributed by atoms with van der Waals surface area (Å²) in [7, 11) is 1.60. The predicted octanol–water partition coefficient (Wildman–Crippen LogP) is 2.61. The molecule has 0 amide bonds. The Kier molecular flexibility index (Phi) is 4.48. The molecule has 5 heteroatoms. The van der Waals surface area contributed by atoms with Gasteiger partial charge in [0.25, 0.3) is 0 Å². The smallest absolute Gasteiger partial charge is 0.156 e. The molecule has 0 unspecified atom stereocenters. The van der Waals surface area contributed by atoms with Crippen molar-refractivity contribution >= 4 is 23.4 Å². The van der Waals surface area contributed by atoms with E-state index >= 15 is 0 Å². The zero-order valence-electron chi connectivity index (χ0n) is 7.09. The fraction of sp³-hybridized carbons (Fsp3) is 0.375. The van der Waals surface area contributed by atoms with E-state index in [4.69, 9.17) is 16.3 Å². The number of hydrogen-bond donors (Lipinski definition) is 0. The van der Waals surface area contributed by atoms with Gasteiger partial charge in [0.2, 0.25) is 0 Å². The summed E-state index contributed by atoms with van der Waals surface area (Å²) in [5.41, 5.74) is 0. The molecule has 0 fully saturated rings. The molecule has 0 atom stereocenters. The summed E-state index contributed by atoms with van der Waals surface area (Å²) in [5.74, 6) is 0.302. The highest BCUT2D eigenvalue weighted by Crippen LogP contribution is 2.21. The van der Waals surface area contributed by atoms with Crippen LogP contribution < -0.4 is 0 Å². The van der Waals surface area contributed by atoms with Crippen LogP contribution in [0.2, 0.25) is 5.02 Å². The van der Waals surface area contributed by atoms with Crippen molar-refractivity contribution < 1.29 is 9.13 Å². The van der Waals surface area contributed by atoms with Gasteiger partial charge in [-0.2, -0.15) is 0 Å². The monoisotopic (exact) mass is 221 g/mol. The molecular weight excluding hydrogens is 213 g/mol. The van der Waals surface area contributed by atoms with Crippen LogP contribution in [0, 0.1) is 5.82 Å². The second-order valence-electron chi connectivity index (χ2n) is 2.28. The van der Waals surface area contributed by atoms with Gasteiger partial charge < -0.3 is 4.74 Å². The molecule has 0 aliphatic rings. The molecule has 0 saturated heterocycles. The maximum Gasteiger partial charge on any atom is 0.156 e. The van der Waals surface area contributed by atoms with E-state index in [1.165, 1.54) is 24.0 Å². The molecule has 0 radical (unpaired) electrons. The van der Waals surface area contributed by atoms with Crippen LogP contribution in [-0.2, 0) is 4.74 Å². The maximum atomic E-state index is 13.1. The molecule has 1 aromatic heterocycles. The number of ether oxygens (including phenoxy) is 1. The van der Waals surface area contributed by atoms with Crippen LogP contribution in [0.15, 0.2) is 17.3 Å². The fourth-order valence-electron chi connectivity index (χ4n) is 0.730. The molecule has 0 bridgehead atoms. The van der Waals surface area contributed by atoms with Gasteiger partial charge >= 0.3 is 0 Å². The molecule has 72 valence electrons. The summed E-state index contributed by atoms with van der Waals surface area (Å²) < 4.78 is 17.9. The number of rotatable bonds is 4. The van der Waals surface area contributed by atoms with Crippen LogP contribution in [0.1, 0.15) is 0 Å². The lowest BCUT2D eigenvalue weighted by atomic mass is 10.5. The number of methoxy groups -OCH3 is 1. The molecule has 0 spiro atoms. The van der Waals surface area contributed by atoms with E-state index in [-0.39, 0.29) is 5.82 Å². The normalized spacial score (nSPS) is 10.4. The topological polar surface area (TPSA) is 22.1 Å². The number of thioether (sulfide) groups is 1. The van der Waals surface area contributed by atoms with Crippen molar-refractivity contribution in [3.05, 3.63) is 23.1 Å². The maximum absolute atomic E-state index is 13.1. The van der Waals surface area contributed by atoms with Gasteiger partial charge in [0.1, 0.15) is 5.03 Å². The summed E-state index contributed by atoms with van der Waals surface area (Å²) in [6.45, 7) is 0.578. The summed E-state index contributed by atoms with van der Waals surface area (Å²) >= 11 is 6.85. The minimum atomic E-state index is -0.381. The highest BCUT2D eigenvalue weighted by atomic mass is 35.5. The quantitative estimate of drug-likeness (QED) is 0.577. The van der Waals surface area contributed by atoms with Crippen molar-refractivity contribution in [1.29, 1.82) is 0 Å². The Bertz CT molecular complexity index is 285. The van der Waals surface area contributed by atoms with Crippen molar-refractivity contribution in [2.24, 2.45) is 0 Å². The van der Waals surface area contributed by atoms with Crippen LogP contribution in [0.3, 0.4) is 0 Å². The summed E-state index contributed by atoms with van der Waals surface area (Å²) in [6.07, 6.45) is 1.43. The Labute approximate surface area is 85.5 Å². The van der Waals surface area contributed by atoms with Gasteiger partial charge in [-0.05, 0) is 6.07 Å². The number of hydrogen-bond acceptors (Lipinski definition) is 3. The zero-order chi connectivity index (χ0) is 9.68. The number of aromatic nitrogens is 1. The minimum Gasteiger partial charge on any atom is -0.384 e. The van der Waals surface area contributed by atoms with E-state index in [0.717, 1.165) is 0 Å². The van der Waals surface area contributed by atoms with Gasteiger partial charge in [-0.25, -0.2) is 9.37 Å². The molecule has 0 saturated carbocycles. The van der Waals surface area contributed by atoms with Crippen LogP contribution >= 0.6 is 23.4 Å². The van der Waals surface area contributed by atoms with E-state index in [1.54, 1.807) is 7.11 Å². The van der Waals surface area contributed by atoms with Crippen molar-refractivity contribution in [2.75, 3.05) is 19.5 Å². The zero-order valence-corrected chi connectivity index (χ0v) is 8.66. The first-order valence-electron chi connectivity index (χ1n) is 3.67. The first-order valence-corrected chi connectivity index (χ1v) is 5.03. The molecule has 2 nitrogen and oxygen atoms in total. The molecule has 0 aliphatic heterocycles. The number of pyridine rings is 1. The molecule has 0 N–H and O–H groups in total. The minimum absolute atomic E-state index is 0.314. The molecule has 1 rings (SSSR count). The second-order valence-corrected chi connectivity index (χ2v) is 3.80. The second kappa shape index (κ2) is 5.42. The molecule has 1 heterocycles. The molecular formula is C8H9ClFNOS. The van der Waals surface area contributed by atoms with Crippen molar-refractivity contribution in [3.63, 3.8) is 0 Å². The largest absolute Gasteiger partial charge is 0.384 e. The van der Waals surface area contributed by atoms with E-state index in [0.29, 0.717) is 22.4 Å². The van der Waals surface area contributed by atoms with Crippen LogP contribution in [-0.4, -0.2) is 24.5 Å².